The Kier molecular flexibility index (Phi) is 6.24. The molecule has 0 saturated carbocycles. The van der Waals surface area contributed by atoms with E-state index in [0.717, 1.165) is 31.5 Å². The van der Waals surface area contributed by atoms with Crippen LogP contribution >= 0.6 is 0 Å². The quantitative estimate of drug-likeness (QED) is 0.867. The van der Waals surface area contributed by atoms with Crippen LogP contribution in [0.4, 0.5) is 5.69 Å². The minimum absolute atomic E-state index is 0.0999. The number of nitrogens with one attached hydrogen (secondary N) is 1. The Morgan fingerprint density at radius 1 is 1.28 bits per heavy atom. The van der Waals surface area contributed by atoms with Crippen molar-refractivity contribution in [2.45, 2.75) is 44.6 Å². The average Bonchev–Trinajstić information content (AvgIpc) is 2.56. The molecule has 140 valence electrons. The molecule has 1 heterocycles. The predicted octanol–water partition coefficient (Wildman–Crippen LogP) is 2.30. The maximum absolute atomic E-state index is 12.6. The Bertz CT molecular complexity index is 723. The molecule has 1 saturated heterocycles. The van der Waals surface area contributed by atoms with Crippen LogP contribution in [0.25, 0.3) is 0 Å². The Balaban J connectivity index is 2.15. The van der Waals surface area contributed by atoms with Gasteiger partial charge in [0.2, 0.25) is 15.9 Å². The molecule has 0 spiro atoms. The number of rotatable bonds is 5. The molecule has 1 amide bonds. The lowest BCUT2D eigenvalue weighted by atomic mass is 9.98. The van der Waals surface area contributed by atoms with Crippen molar-refractivity contribution >= 4 is 21.6 Å². The van der Waals surface area contributed by atoms with Gasteiger partial charge in [-0.1, -0.05) is 13.0 Å². The topological polar surface area (TPSA) is 69.7 Å². The first-order chi connectivity index (χ1) is 11.6. The molecular weight excluding hydrogens is 338 g/mol. The largest absolute Gasteiger partial charge is 0.324 e. The third kappa shape index (κ3) is 4.59. The fourth-order valence-electron chi connectivity index (χ4n) is 2.93. The Hall–Kier alpha value is -1.44. The van der Waals surface area contributed by atoms with E-state index >= 15 is 0 Å². The number of nitrogens with zero attached hydrogens (tertiary/aromatic N) is 2. The molecule has 1 aliphatic heterocycles. The number of amides is 1. The van der Waals surface area contributed by atoms with Crippen molar-refractivity contribution in [1.29, 1.82) is 0 Å². The zero-order valence-corrected chi connectivity index (χ0v) is 16.6. The molecule has 0 unspecified atom stereocenters. The number of anilines is 1. The second-order valence-corrected chi connectivity index (χ2v) is 9.30. The zero-order valence-electron chi connectivity index (χ0n) is 15.7. The van der Waals surface area contributed by atoms with Crippen molar-refractivity contribution in [3.63, 3.8) is 0 Å². The van der Waals surface area contributed by atoms with Crippen LogP contribution in [0, 0.1) is 12.8 Å². The van der Waals surface area contributed by atoms with Crippen LogP contribution in [-0.2, 0) is 14.8 Å². The molecule has 1 N–H and O–H groups in total. The summed E-state index contributed by atoms with van der Waals surface area (Å²) < 4.78 is 25.8. The van der Waals surface area contributed by atoms with Crippen LogP contribution in [-0.4, -0.2) is 56.8 Å². The summed E-state index contributed by atoms with van der Waals surface area (Å²) in [5.74, 6) is 0.610. The minimum Gasteiger partial charge on any atom is -0.324 e. The van der Waals surface area contributed by atoms with Crippen LogP contribution in [0.15, 0.2) is 23.1 Å². The number of aryl methyl sites for hydroxylation is 1. The van der Waals surface area contributed by atoms with E-state index in [0.29, 0.717) is 11.6 Å². The molecule has 0 bridgehead atoms. The Morgan fingerprint density at radius 2 is 1.88 bits per heavy atom. The number of likely N-dealkylation sites (tertiary alicyclic amines) is 1. The van der Waals surface area contributed by atoms with Crippen LogP contribution in [0.3, 0.4) is 0 Å². The smallest absolute Gasteiger partial charge is 0.242 e. The van der Waals surface area contributed by atoms with E-state index < -0.39 is 10.0 Å². The molecule has 0 radical (unpaired) electrons. The van der Waals surface area contributed by atoms with Gasteiger partial charge in [-0.3, -0.25) is 9.69 Å². The van der Waals surface area contributed by atoms with Gasteiger partial charge in [-0.25, -0.2) is 12.7 Å². The van der Waals surface area contributed by atoms with Crippen molar-refractivity contribution in [2.75, 3.05) is 32.5 Å². The van der Waals surface area contributed by atoms with Crippen molar-refractivity contribution in [1.82, 2.24) is 9.21 Å². The summed E-state index contributed by atoms with van der Waals surface area (Å²) in [6.45, 7) is 7.84. The number of hydrogen-bond donors (Lipinski definition) is 1. The third-order valence-electron chi connectivity index (χ3n) is 4.99. The summed E-state index contributed by atoms with van der Waals surface area (Å²) in [6.07, 6.45) is 2.21. The van der Waals surface area contributed by atoms with Gasteiger partial charge in [0.15, 0.2) is 0 Å². The number of piperidine rings is 1. The summed E-state index contributed by atoms with van der Waals surface area (Å²) in [5.41, 5.74) is 1.38. The average molecular weight is 368 g/mol. The highest BCUT2D eigenvalue weighted by Gasteiger charge is 2.26. The van der Waals surface area contributed by atoms with Gasteiger partial charge in [0.25, 0.3) is 0 Å². The fourth-order valence-corrected chi connectivity index (χ4v) is 3.85. The summed E-state index contributed by atoms with van der Waals surface area (Å²) >= 11 is 0. The molecule has 7 heteroatoms. The lowest BCUT2D eigenvalue weighted by Gasteiger charge is -2.34. The Labute approximate surface area is 151 Å². The van der Waals surface area contributed by atoms with Crippen molar-refractivity contribution in [3.8, 4) is 0 Å². The number of benzene rings is 1. The van der Waals surface area contributed by atoms with Gasteiger partial charge in [0.05, 0.1) is 10.9 Å². The summed E-state index contributed by atoms with van der Waals surface area (Å²) in [4.78, 5) is 15.0. The van der Waals surface area contributed by atoms with Crippen LogP contribution in [0.1, 0.15) is 32.3 Å². The molecule has 2 rings (SSSR count). The maximum Gasteiger partial charge on any atom is 0.242 e. The van der Waals surface area contributed by atoms with E-state index in [4.69, 9.17) is 0 Å². The molecule has 0 aliphatic carbocycles. The molecule has 1 atom stereocenters. The summed E-state index contributed by atoms with van der Waals surface area (Å²) in [5, 5.41) is 2.91. The molecule has 0 aromatic heterocycles. The standard InChI is InChI=1S/C18H29N3O3S/c1-13-8-10-21(11-9-13)15(3)18(22)19-17-12-16(7-6-14(17)2)25(23,24)20(4)5/h6-7,12-13,15H,8-11H2,1-5H3,(H,19,22)/t15-/m0/s1. The maximum atomic E-state index is 12.6. The van der Waals surface area contributed by atoms with Gasteiger partial charge in [0, 0.05) is 19.8 Å². The van der Waals surface area contributed by atoms with E-state index in [1.54, 1.807) is 12.1 Å². The number of sulfonamides is 1. The van der Waals surface area contributed by atoms with E-state index in [9.17, 15) is 13.2 Å². The van der Waals surface area contributed by atoms with E-state index in [1.807, 2.05) is 13.8 Å². The molecule has 1 aliphatic rings. The van der Waals surface area contributed by atoms with Crippen LogP contribution < -0.4 is 5.32 Å². The van der Waals surface area contributed by atoms with Gasteiger partial charge in [-0.05, 0) is 63.4 Å². The first kappa shape index (κ1) is 19.9. The molecule has 1 aromatic rings. The lowest BCUT2D eigenvalue weighted by molar-refractivity contribution is -0.121. The van der Waals surface area contributed by atoms with Gasteiger partial charge in [-0.15, -0.1) is 0 Å². The zero-order chi connectivity index (χ0) is 18.8. The van der Waals surface area contributed by atoms with Crippen molar-refractivity contribution < 1.29 is 13.2 Å². The molecular formula is C18H29N3O3S. The molecule has 25 heavy (non-hydrogen) atoms. The van der Waals surface area contributed by atoms with Crippen LogP contribution in [0.5, 0.6) is 0 Å². The second-order valence-electron chi connectivity index (χ2n) is 7.15. The number of carbonyl (C=O) groups is 1. The van der Waals surface area contributed by atoms with Crippen molar-refractivity contribution in [2.24, 2.45) is 5.92 Å². The van der Waals surface area contributed by atoms with Gasteiger partial charge >= 0.3 is 0 Å². The van der Waals surface area contributed by atoms with Crippen LogP contribution in [0.2, 0.25) is 0 Å². The highest BCUT2D eigenvalue weighted by atomic mass is 32.2. The number of hydrogen-bond acceptors (Lipinski definition) is 4. The van der Waals surface area contributed by atoms with E-state index in [2.05, 4.69) is 17.1 Å². The Morgan fingerprint density at radius 3 is 2.44 bits per heavy atom. The SMILES string of the molecule is Cc1ccc(S(=O)(=O)N(C)C)cc1NC(=O)[C@H](C)N1CCC(C)CC1. The van der Waals surface area contributed by atoms with E-state index in [-0.39, 0.29) is 16.8 Å². The van der Waals surface area contributed by atoms with Crippen molar-refractivity contribution in [3.05, 3.63) is 23.8 Å². The number of carbonyl (C=O) groups excluding carboxylic acids is 1. The minimum atomic E-state index is -3.53. The first-order valence-electron chi connectivity index (χ1n) is 8.71. The molecule has 1 fully saturated rings. The van der Waals surface area contributed by atoms with E-state index in [1.165, 1.54) is 24.5 Å². The monoisotopic (exact) mass is 367 g/mol. The predicted molar refractivity (Wildman–Crippen MR) is 100 cm³/mol. The molecule has 6 nitrogen and oxygen atoms in total. The summed E-state index contributed by atoms with van der Waals surface area (Å²) in [7, 11) is -0.541. The van der Waals surface area contributed by atoms with Gasteiger partial charge < -0.3 is 5.32 Å². The second kappa shape index (κ2) is 7.85. The van der Waals surface area contributed by atoms with Gasteiger partial charge in [-0.2, -0.15) is 0 Å². The fraction of sp³-hybridized carbons (Fsp3) is 0.611. The highest BCUT2D eigenvalue weighted by molar-refractivity contribution is 7.89. The molecule has 1 aromatic carbocycles. The normalized spacial score (nSPS) is 18.3. The summed E-state index contributed by atoms with van der Waals surface area (Å²) in [6, 6.07) is 4.59. The van der Waals surface area contributed by atoms with Gasteiger partial charge in [0.1, 0.15) is 0 Å². The third-order valence-corrected chi connectivity index (χ3v) is 6.80. The lowest BCUT2D eigenvalue weighted by Crippen LogP contribution is -2.45. The first-order valence-corrected chi connectivity index (χ1v) is 10.1. The highest BCUT2D eigenvalue weighted by Crippen LogP contribution is 2.23.